The van der Waals surface area contributed by atoms with Gasteiger partial charge >= 0.3 is 12.1 Å². The first kappa shape index (κ1) is 22.8. The van der Waals surface area contributed by atoms with E-state index >= 15 is 0 Å². The van der Waals surface area contributed by atoms with E-state index in [-0.39, 0.29) is 24.1 Å². The predicted octanol–water partition coefficient (Wildman–Crippen LogP) is 5.51. The van der Waals surface area contributed by atoms with E-state index in [2.05, 4.69) is 4.98 Å². The third kappa shape index (κ3) is 5.15. The Hall–Kier alpha value is -2.39. The number of pyridine rings is 1. The van der Waals surface area contributed by atoms with Crippen molar-refractivity contribution in [2.45, 2.75) is 50.4 Å². The average Bonchev–Trinajstić information content (AvgIpc) is 3.56. The largest absolute Gasteiger partial charge is 0.478 e. The highest BCUT2D eigenvalue weighted by molar-refractivity contribution is 6.31. The number of carboxylic acids is 1. The van der Waals surface area contributed by atoms with E-state index in [0.29, 0.717) is 37.4 Å². The summed E-state index contributed by atoms with van der Waals surface area (Å²) in [5.74, 6) is -1.85. The molecule has 1 aliphatic carbocycles. The molecule has 1 saturated carbocycles. The predicted molar refractivity (Wildman–Crippen MR) is 109 cm³/mol. The fourth-order valence-corrected chi connectivity index (χ4v) is 4.14. The lowest BCUT2D eigenvalue weighted by Gasteiger charge is -2.32. The van der Waals surface area contributed by atoms with Gasteiger partial charge in [0.05, 0.1) is 22.3 Å². The van der Waals surface area contributed by atoms with Crippen molar-refractivity contribution in [2.24, 2.45) is 0 Å². The number of carboxylic acid groups (broad SMARTS) is 1. The quantitative estimate of drug-likeness (QED) is 0.561. The summed E-state index contributed by atoms with van der Waals surface area (Å²) in [5, 5.41) is 8.84. The lowest BCUT2D eigenvalue weighted by molar-refractivity contribution is -0.137. The van der Waals surface area contributed by atoms with Gasteiger partial charge in [0.15, 0.2) is 0 Å². The highest BCUT2D eigenvalue weighted by atomic mass is 35.5. The average molecular weight is 473 g/mol. The van der Waals surface area contributed by atoms with E-state index in [0.717, 1.165) is 30.7 Å². The number of aromatic nitrogens is 1. The standard InChI is InChI=1S/C22H21ClF4N2O3/c23-18-10-28-19(9-17(18)22(25,26)27)32-15-3-5-29(6-4-15)11-14-7-13(12-1-2-12)8-16(20(14)24)21(30)31/h7-10,12,15H,1-6,11H2,(H,30,31). The van der Waals surface area contributed by atoms with Gasteiger partial charge in [-0.3, -0.25) is 4.90 Å². The number of rotatable bonds is 6. The van der Waals surface area contributed by atoms with Gasteiger partial charge in [-0.05, 0) is 43.2 Å². The third-order valence-corrected chi connectivity index (χ3v) is 6.10. The molecule has 2 aromatic rings. The highest BCUT2D eigenvalue weighted by Crippen LogP contribution is 2.41. The number of alkyl halides is 3. The van der Waals surface area contributed by atoms with Crippen LogP contribution in [-0.2, 0) is 12.7 Å². The number of nitrogens with zero attached hydrogens (tertiary/aromatic N) is 2. The topological polar surface area (TPSA) is 62.7 Å². The second-order valence-corrected chi connectivity index (χ2v) is 8.62. The minimum Gasteiger partial charge on any atom is -0.478 e. The molecule has 32 heavy (non-hydrogen) atoms. The minimum atomic E-state index is -4.60. The van der Waals surface area contributed by atoms with Crippen LogP contribution in [0.3, 0.4) is 0 Å². The van der Waals surface area contributed by atoms with E-state index in [4.69, 9.17) is 16.3 Å². The normalized spacial score (nSPS) is 18.0. The molecule has 2 fully saturated rings. The Balaban J connectivity index is 1.39. The minimum absolute atomic E-state index is 0.144. The van der Waals surface area contributed by atoms with Crippen LogP contribution in [0.5, 0.6) is 5.88 Å². The van der Waals surface area contributed by atoms with Crippen molar-refractivity contribution in [1.82, 2.24) is 9.88 Å². The molecule has 1 aromatic carbocycles. The molecule has 2 aliphatic rings. The second kappa shape index (κ2) is 8.86. The van der Waals surface area contributed by atoms with Gasteiger partial charge in [0.2, 0.25) is 5.88 Å². The molecule has 2 heterocycles. The number of carbonyl (C=O) groups is 1. The molecule has 0 unspecified atom stereocenters. The van der Waals surface area contributed by atoms with E-state index in [1.165, 1.54) is 6.07 Å². The van der Waals surface area contributed by atoms with Crippen LogP contribution in [0.15, 0.2) is 24.4 Å². The Labute approximate surface area is 187 Å². The van der Waals surface area contributed by atoms with Gasteiger partial charge < -0.3 is 9.84 Å². The van der Waals surface area contributed by atoms with Crippen LogP contribution >= 0.6 is 11.6 Å². The number of halogens is 5. The van der Waals surface area contributed by atoms with Crippen molar-refractivity contribution in [3.8, 4) is 5.88 Å². The smallest absolute Gasteiger partial charge is 0.418 e. The first-order chi connectivity index (χ1) is 15.1. The molecule has 0 spiro atoms. The van der Waals surface area contributed by atoms with E-state index in [9.17, 15) is 27.5 Å². The van der Waals surface area contributed by atoms with Gasteiger partial charge in [0, 0.05) is 31.3 Å². The monoisotopic (exact) mass is 472 g/mol. The van der Waals surface area contributed by atoms with Crippen molar-refractivity contribution in [3.63, 3.8) is 0 Å². The van der Waals surface area contributed by atoms with Crippen LogP contribution in [-0.4, -0.2) is 40.2 Å². The van der Waals surface area contributed by atoms with Gasteiger partial charge in [-0.2, -0.15) is 13.2 Å². The zero-order valence-electron chi connectivity index (χ0n) is 17.0. The van der Waals surface area contributed by atoms with Crippen LogP contribution in [0.1, 0.15) is 58.6 Å². The number of aromatic carboxylic acids is 1. The summed E-state index contributed by atoms with van der Waals surface area (Å²) in [6.07, 6.45) is -1.04. The molecule has 0 radical (unpaired) electrons. The second-order valence-electron chi connectivity index (χ2n) is 8.21. The molecule has 4 rings (SSSR count). The molecule has 0 atom stereocenters. The Morgan fingerprint density at radius 2 is 1.88 bits per heavy atom. The van der Waals surface area contributed by atoms with Gasteiger partial charge in [-0.1, -0.05) is 17.7 Å². The summed E-state index contributed by atoms with van der Waals surface area (Å²) in [4.78, 5) is 17.2. The van der Waals surface area contributed by atoms with Crippen molar-refractivity contribution >= 4 is 17.6 Å². The molecule has 5 nitrogen and oxygen atoms in total. The third-order valence-electron chi connectivity index (χ3n) is 5.80. The van der Waals surface area contributed by atoms with E-state index in [1.807, 2.05) is 4.90 Å². The fraction of sp³-hybridized carbons (Fsp3) is 0.455. The van der Waals surface area contributed by atoms with Gasteiger partial charge in [-0.25, -0.2) is 14.2 Å². The zero-order chi connectivity index (χ0) is 23.0. The Bertz CT molecular complexity index is 1020. The summed E-state index contributed by atoms with van der Waals surface area (Å²) < 4.78 is 59.4. The van der Waals surface area contributed by atoms with Crippen LogP contribution in [0.25, 0.3) is 0 Å². The molecule has 172 valence electrons. The van der Waals surface area contributed by atoms with Gasteiger partial charge in [0.1, 0.15) is 11.9 Å². The number of ether oxygens (including phenoxy) is 1. The molecule has 0 amide bonds. The summed E-state index contributed by atoms with van der Waals surface area (Å²) in [7, 11) is 0. The van der Waals surface area contributed by atoms with Crippen LogP contribution < -0.4 is 4.74 Å². The van der Waals surface area contributed by atoms with Crippen LogP contribution in [0.2, 0.25) is 5.02 Å². The molecule has 0 bridgehead atoms. The number of hydrogen-bond donors (Lipinski definition) is 1. The maximum Gasteiger partial charge on any atom is 0.418 e. The number of hydrogen-bond acceptors (Lipinski definition) is 4. The summed E-state index contributed by atoms with van der Waals surface area (Å²) in [6.45, 7) is 1.32. The van der Waals surface area contributed by atoms with Crippen molar-refractivity contribution in [3.05, 3.63) is 57.5 Å². The molecule has 10 heteroatoms. The lowest BCUT2D eigenvalue weighted by Crippen LogP contribution is -2.38. The van der Waals surface area contributed by atoms with E-state index < -0.39 is 28.5 Å². The summed E-state index contributed by atoms with van der Waals surface area (Å²) in [5.41, 5.74) is -0.106. The fourth-order valence-electron chi connectivity index (χ4n) is 3.93. The number of piperidine rings is 1. The van der Waals surface area contributed by atoms with Gasteiger partial charge in [0.25, 0.3) is 0 Å². The highest BCUT2D eigenvalue weighted by Gasteiger charge is 2.34. The lowest BCUT2D eigenvalue weighted by atomic mass is 10.00. The van der Waals surface area contributed by atoms with Crippen molar-refractivity contribution < 1.29 is 32.2 Å². The summed E-state index contributed by atoms with van der Waals surface area (Å²) >= 11 is 5.59. The molecule has 1 N–H and O–H groups in total. The van der Waals surface area contributed by atoms with Crippen molar-refractivity contribution in [1.29, 1.82) is 0 Å². The van der Waals surface area contributed by atoms with Crippen LogP contribution in [0, 0.1) is 5.82 Å². The molecular formula is C22H21ClF4N2O3. The van der Waals surface area contributed by atoms with Gasteiger partial charge in [-0.15, -0.1) is 0 Å². The SMILES string of the molecule is O=C(O)c1cc(C2CC2)cc(CN2CCC(Oc3cc(C(F)(F)F)c(Cl)cn3)CC2)c1F. The first-order valence-electron chi connectivity index (χ1n) is 10.3. The van der Waals surface area contributed by atoms with Crippen LogP contribution in [0.4, 0.5) is 17.6 Å². The van der Waals surface area contributed by atoms with E-state index in [1.54, 1.807) is 6.07 Å². The Kier molecular flexibility index (Phi) is 6.31. The zero-order valence-corrected chi connectivity index (χ0v) is 17.7. The molecule has 1 aliphatic heterocycles. The summed E-state index contributed by atoms with van der Waals surface area (Å²) in [6, 6.07) is 3.96. The molecule has 1 aromatic heterocycles. The maximum atomic E-state index is 14.7. The maximum absolute atomic E-state index is 14.7. The first-order valence-corrected chi connectivity index (χ1v) is 10.7. The Morgan fingerprint density at radius 1 is 1.19 bits per heavy atom. The molecular weight excluding hydrogens is 452 g/mol. The number of likely N-dealkylation sites (tertiary alicyclic amines) is 1. The Morgan fingerprint density at radius 3 is 2.47 bits per heavy atom. The molecule has 1 saturated heterocycles. The van der Waals surface area contributed by atoms with Crippen molar-refractivity contribution in [2.75, 3.05) is 13.1 Å². The number of benzene rings is 1.